The third-order valence-electron chi connectivity index (χ3n) is 4.94. The third-order valence-corrected chi connectivity index (χ3v) is 5.98. The van der Waals surface area contributed by atoms with Gasteiger partial charge in [0, 0.05) is 11.8 Å². The van der Waals surface area contributed by atoms with E-state index in [-0.39, 0.29) is 5.91 Å². The number of aryl methyl sites for hydroxylation is 2. The standard InChI is InChI=1S/C24H23N3O2S/c1-4-29-20-10-11-21-22(14-20)30-24(26-21)27(15-19-7-5-6-12-25-19)23(28)18-9-8-16(2)17(3)13-18/h5-14H,4,15H2,1-3H3. The molecule has 30 heavy (non-hydrogen) atoms. The van der Waals surface area contributed by atoms with Crippen molar-refractivity contribution in [3.05, 3.63) is 83.2 Å². The molecule has 0 aliphatic rings. The first kappa shape index (κ1) is 20.0. The van der Waals surface area contributed by atoms with Crippen molar-refractivity contribution in [3.8, 4) is 5.75 Å². The van der Waals surface area contributed by atoms with Gasteiger partial charge in [0.25, 0.3) is 5.91 Å². The minimum Gasteiger partial charge on any atom is -0.494 e. The Hall–Kier alpha value is -3.25. The minimum atomic E-state index is -0.0900. The highest BCUT2D eigenvalue weighted by molar-refractivity contribution is 7.22. The number of nitrogens with zero attached hydrogens (tertiary/aromatic N) is 3. The number of hydrogen-bond donors (Lipinski definition) is 0. The molecule has 0 saturated heterocycles. The largest absolute Gasteiger partial charge is 0.494 e. The number of aromatic nitrogens is 2. The van der Waals surface area contributed by atoms with Gasteiger partial charge in [0.1, 0.15) is 5.75 Å². The van der Waals surface area contributed by atoms with E-state index in [4.69, 9.17) is 9.72 Å². The summed E-state index contributed by atoms with van der Waals surface area (Å²) in [6.45, 7) is 6.97. The number of carbonyl (C=O) groups excluding carboxylic acids is 1. The lowest BCUT2D eigenvalue weighted by Crippen LogP contribution is -2.30. The van der Waals surface area contributed by atoms with Gasteiger partial charge >= 0.3 is 0 Å². The maximum atomic E-state index is 13.5. The van der Waals surface area contributed by atoms with E-state index in [0.717, 1.165) is 32.8 Å². The number of hydrogen-bond acceptors (Lipinski definition) is 5. The van der Waals surface area contributed by atoms with Gasteiger partial charge in [-0.1, -0.05) is 23.5 Å². The Kier molecular flexibility index (Phi) is 5.77. The van der Waals surface area contributed by atoms with Crippen molar-refractivity contribution in [3.63, 3.8) is 0 Å². The molecule has 6 heteroatoms. The van der Waals surface area contributed by atoms with Crippen LogP contribution in [0.5, 0.6) is 5.75 Å². The molecule has 0 unspecified atom stereocenters. The summed E-state index contributed by atoms with van der Waals surface area (Å²) in [5, 5.41) is 0.646. The molecule has 2 heterocycles. The fraction of sp³-hybridized carbons (Fsp3) is 0.208. The summed E-state index contributed by atoms with van der Waals surface area (Å²) >= 11 is 1.48. The van der Waals surface area contributed by atoms with E-state index in [1.54, 1.807) is 11.1 Å². The molecular weight excluding hydrogens is 394 g/mol. The number of rotatable bonds is 6. The number of carbonyl (C=O) groups is 1. The van der Waals surface area contributed by atoms with Crippen molar-refractivity contribution in [1.82, 2.24) is 9.97 Å². The highest BCUT2D eigenvalue weighted by atomic mass is 32.1. The lowest BCUT2D eigenvalue weighted by Gasteiger charge is -2.20. The number of fused-ring (bicyclic) bond motifs is 1. The first-order valence-corrected chi connectivity index (χ1v) is 10.7. The van der Waals surface area contributed by atoms with Crippen LogP contribution < -0.4 is 9.64 Å². The minimum absolute atomic E-state index is 0.0900. The van der Waals surface area contributed by atoms with Gasteiger partial charge in [0.15, 0.2) is 5.13 Å². The van der Waals surface area contributed by atoms with Crippen LogP contribution >= 0.6 is 11.3 Å². The quantitative estimate of drug-likeness (QED) is 0.412. The summed E-state index contributed by atoms with van der Waals surface area (Å²) in [6.07, 6.45) is 1.74. The molecule has 2 aromatic carbocycles. The van der Waals surface area contributed by atoms with Gasteiger partial charge in [-0.3, -0.25) is 14.7 Å². The van der Waals surface area contributed by atoms with Crippen LogP contribution in [0, 0.1) is 13.8 Å². The van der Waals surface area contributed by atoms with Crippen LogP contribution in [0.1, 0.15) is 34.1 Å². The summed E-state index contributed by atoms with van der Waals surface area (Å²) < 4.78 is 6.59. The van der Waals surface area contributed by atoms with E-state index >= 15 is 0 Å². The molecule has 0 fully saturated rings. The van der Waals surface area contributed by atoms with E-state index in [9.17, 15) is 4.79 Å². The zero-order valence-corrected chi connectivity index (χ0v) is 18.1. The average Bonchev–Trinajstić information content (AvgIpc) is 3.17. The molecule has 0 N–H and O–H groups in total. The molecule has 152 valence electrons. The second kappa shape index (κ2) is 8.63. The Morgan fingerprint density at radius 2 is 1.93 bits per heavy atom. The normalized spacial score (nSPS) is 10.9. The van der Waals surface area contributed by atoms with Gasteiger partial charge < -0.3 is 4.74 Å². The summed E-state index contributed by atoms with van der Waals surface area (Å²) in [7, 11) is 0. The van der Waals surface area contributed by atoms with Gasteiger partial charge in [0.2, 0.25) is 0 Å². The summed E-state index contributed by atoms with van der Waals surface area (Å²) in [5.41, 5.74) is 4.54. The van der Waals surface area contributed by atoms with Crippen LogP contribution in [0.2, 0.25) is 0 Å². The van der Waals surface area contributed by atoms with Crippen molar-refractivity contribution >= 4 is 32.6 Å². The summed E-state index contributed by atoms with van der Waals surface area (Å²) in [4.78, 5) is 24.3. The third kappa shape index (κ3) is 4.19. The van der Waals surface area contributed by atoms with E-state index in [1.807, 2.05) is 75.4 Å². The lowest BCUT2D eigenvalue weighted by atomic mass is 10.1. The molecule has 0 saturated carbocycles. The number of thiazole rings is 1. The Balaban J connectivity index is 1.75. The van der Waals surface area contributed by atoms with Crippen molar-refractivity contribution < 1.29 is 9.53 Å². The SMILES string of the molecule is CCOc1ccc2nc(N(Cc3ccccn3)C(=O)c3ccc(C)c(C)c3)sc2c1. The number of pyridine rings is 1. The van der Waals surface area contributed by atoms with E-state index in [0.29, 0.717) is 23.8 Å². The Morgan fingerprint density at radius 3 is 2.67 bits per heavy atom. The predicted molar refractivity (Wildman–Crippen MR) is 121 cm³/mol. The molecule has 5 nitrogen and oxygen atoms in total. The molecular formula is C24H23N3O2S. The van der Waals surface area contributed by atoms with Gasteiger partial charge in [-0.25, -0.2) is 4.98 Å². The molecule has 4 rings (SSSR count). The van der Waals surface area contributed by atoms with Crippen LogP contribution in [-0.4, -0.2) is 22.5 Å². The number of anilines is 1. The monoisotopic (exact) mass is 417 g/mol. The van der Waals surface area contributed by atoms with Gasteiger partial charge in [-0.15, -0.1) is 0 Å². The number of amides is 1. The first-order chi connectivity index (χ1) is 14.5. The molecule has 0 atom stereocenters. The zero-order valence-electron chi connectivity index (χ0n) is 17.3. The van der Waals surface area contributed by atoms with Crippen LogP contribution in [0.25, 0.3) is 10.2 Å². The summed E-state index contributed by atoms with van der Waals surface area (Å²) in [5.74, 6) is 0.713. The second-order valence-corrected chi connectivity index (χ2v) is 8.08. The van der Waals surface area contributed by atoms with Crippen molar-refractivity contribution in [2.75, 3.05) is 11.5 Å². The molecule has 0 bridgehead atoms. The smallest absolute Gasteiger partial charge is 0.260 e. The molecule has 1 amide bonds. The maximum absolute atomic E-state index is 13.5. The van der Waals surface area contributed by atoms with Crippen molar-refractivity contribution in [2.45, 2.75) is 27.3 Å². The highest BCUT2D eigenvalue weighted by Crippen LogP contribution is 2.33. The zero-order chi connectivity index (χ0) is 21.1. The van der Waals surface area contributed by atoms with Crippen molar-refractivity contribution in [1.29, 1.82) is 0 Å². The molecule has 0 radical (unpaired) electrons. The predicted octanol–water partition coefficient (Wildman–Crippen LogP) is 5.55. The van der Waals surface area contributed by atoms with Gasteiger partial charge in [0.05, 0.1) is 29.1 Å². The van der Waals surface area contributed by atoms with Gasteiger partial charge in [-0.05, 0) is 74.4 Å². The van der Waals surface area contributed by atoms with E-state index < -0.39 is 0 Å². The first-order valence-electron chi connectivity index (χ1n) is 9.87. The molecule has 2 aromatic heterocycles. The summed E-state index contributed by atoms with van der Waals surface area (Å²) in [6, 6.07) is 17.3. The Bertz CT molecular complexity index is 1190. The van der Waals surface area contributed by atoms with E-state index in [2.05, 4.69) is 4.98 Å². The maximum Gasteiger partial charge on any atom is 0.260 e. The fourth-order valence-electron chi connectivity index (χ4n) is 3.17. The van der Waals surface area contributed by atoms with Gasteiger partial charge in [-0.2, -0.15) is 0 Å². The second-order valence-electron chi connectivity index (χ2n) is 7.07. The van der Waals surface area contributed by atoms with Crippen LogP contribution in [0.4, 0.5) is 5.13 Å². The lowest BCUT2D eigenvalue weighted by molar-refractivity contribution is 0.0984. The van der Waals surface area contributed by atoms with Crippen molar-refractivity contribution in [2.24, 2.45) is 0 Å². The van der Waals surface area contributed by atoms with Crippen LogP contribution in [-0.2, 0) is 6.54 Å². The average molecular weight is 418 g/mol. The number of ether oxygens (including phenoxy) is 1. The number of benzene rings is 2. The molecule has 0 aliphatic carbocycles. The Morgan fingerprint density at radius 1 is 1.07 bits per heavy atom. The molecule has 0 spiro atoms. The molecule has 0 aliphatic heterocycles. The fourth-order valence-corrected chi connectivity index (χ4v) is 4.17. The topological polar surface area (TPSA) is 55.3 Å². The Labute approximate surface area is 180 Å². The van der Waals surface area contributed by atoms with Crippen LogP contribution in [0.15, 0.2) is 60.8 Å². The van der Waals surface area contributed by atoms with E-state index in [1.165, 1.54) is 11.3 Å². The highest BCUT2D eigenvalue weighted by Gasteiger charge is 2.22. The van der Waals surface area contributed by atoms with Crippen LogP contribution in [0.3, 0.4) is 0 Å². The molecule has 4 aromatic rings.